The van der Waals surface area contributed by atoms with Gasteiger partial charge in [-0.05, 0) is 25.0 Å². The predicted molar refractivity (Wildman–Crippen MR) is 67.9 cm³/mol. The van der Waals surface area contributed by atoms with E-state index in [4.69, 9.17) is 11.0 Å². The molecule has 0 atom stereocenters. The van der Waals surface area contributed by atoms with Gasteiger partial charge in [-0.3, -0.25) is 0 Å². The summed E-state index contributed by atoms with van der Waals surface area (Å²) in [5, 5.41) is 8.57. The van der Waals surface area contributed by atoms with E-state index < -0.39 is 26.6 Å². The van der Waals surface area contributed by atoms with Gasteiger partial charge in [-0.1, -0.05) is 0 Å². The summed E-state index contributed by atoms with van der Waals surface area (Å²) < 4.78 is 52.9. The molecule has 0 saturated heterocycles. The van der Waals surface area contributed by atoms with Gasteiger partial charge < -0.3 is 5.73 Å². The van der Waals surface area contributed by atoms with Crippen LogP contribution in [-0.4, -0.2) is 25.3 Å². The Morgan fingerprint density at radius 2 is 2.05 bits per heavy atom. The van der Waals surface area contributed by atoms with E-state index >= 15 is 0 Å². The molecule has 1 aromatic carbocycles. The zero-order valence-corrected chi connectivity index (χ0v) is 11.3. The standard InChI is InChI=1S/C12H13F2N3O2S/c13-10-6-8(16)7-11(12(10)14)20(18,19)17(5-1-4-15)9-2-3-9/h6-7,9H,1-3,5,16H2. The number of hydrogen-bond acceptors (Lipinski definition) is 4. The lowest BCUT2D eigenvalue weighted by atomic mass is 10.3. The molecule has 20 heavy (non-hydrogen) atoms. The van der Waals surface area contributed by atoms with Crippen molar-refractivity contribution < 1.29 is 17.2 Å². The minimum Gasteiger partial charge on any atom is -0.399 e. The van der Waals surface area contributed by atoms with Crippen LogP contribution in [0, 0.1) is 23.0 Å². The van der Waals surface area contributed by atoms with Crippen LogP contribution in [0.2, 0.25) is 0 Å². The fourth-order valence-corrected chi connectivity index (χ4v) is 3.72. The van der Waals surface area contributed by atoms with Crippen molar-refractivity contribution in [2.75, 3.05) is 12.3 Å². The molecule has 1 aliphatic rings. The number of nitriles is 1. The highest BCUT2D eigenvalue weighted by Gasteiger charge is 2.39. The molecule has 1 aromatic rings. The number of nitrogens with two attached hydrogens (primary N) is 1. The predicted octanol–water partition coefficient (Wildman–Crippen LogP) is 1.61. The van der Waals surface area contributed by atoms with Crippen LogP contribution in [-0.2, 0) is 10.0 Å². The fourth-order valence-electron chi connectivity index (χ4n) is 1.92. The largest absolute Gasteiger partial charge is 0.399 e. The van der Waals surface area contributed by atoms with Crippen molar-refractivity contribution in [2.45, 2.75) is 30.2 Å². The van der Waals surface area contributed by atoms with E-state index in [-0.39, 0.29) is 24.7 Å². The summed E-state index contributed by atoms with van der Waals surface area (Å²) in [4.78, 5) is -0.778. The van der Waals surface area contributed by atoms with Gasteiger partial charge in [-0.2, -0.15) is 9.57 Å². The second-order valence-corrected chi connectivity index (χ2v) is 6.43. The van der Waals surface area contributed by atoms with Crippen molar-refractivity contribution in [3.8, 4) is 6.07 Å². The van der Waals surface area contributed by atoms with Crippen molar-refractivity contribution in [3.63, 3.8) is 0 Å². The molecule has 0 aromatic heterocycles. The number of nitrogen functional groups attached to an aromatic ring is 1. The van der Waals surface area contributed by atoms with Crippen molar-refractivity contribution in [1.82, 2.24) is 4.31 Å². The van der Waals surface area contributed by atoms with E-state index in [2.05, 4.69) is 0 Å². The third-order valence-corrected chi connectivity index (χ3v) is 4.95. The van der Waals surface area contributed by atoms with Crippen molar-refractivity contribution in [1.29, 1.82) is 5.26 Å². The summed E-state index contributed by atoms with van der Waals surface area (Å²) in [5.41, 5.74) is 5.21. The highest BCUT2D eigenvalue weighted by Crippen LogP contribution is 2.33. The van der Waals surface area contributed by atoms with Crippen LogP contribution in [0.15, 0.2) is 17.0 Å². The zero-order valence-electron chi connectivity index (χ0n) is 10.5. The summed E-state index contributed by atoms with van der Waals surface area (Å²) in [6.45, 7) is -0.0423. The molecule has 1 fully saturated rings. The number of sulfonamides is 1. The molecule has 2 rings (SSSR count). The molecular formula is C12H13F2N3O2S. The van der Waals surface area contributed by atoms with Crippen LogP contribution in [0.5, 0.6) is 0 Å². The second kappa shape index (κ2) is 5.34. The number of hydrogen-bond donors (Lipinski definition) is 1. The molecule has 0 spiro atoms. The van der Waals surface area contributed by atoms with Gasteiger partial charge in [-0.15, -0.1) is 0 Å². The van der Waals surface area contributed by atoms with Crippen LogP contribution in [0.25, 0.3) is 0 Å². The summed E-state index contributed by atoms with van der Waals surface area (Å²) in [6, 6.07) is 3.22. The van der Waals surface area contributed by atoms with E-state index in [9.17, 15) is 17.2 Å². The molecule has 108 valence electrons. The molecule has 2 N–H and O–H groups in total. The highest BCUT2D eigenvalue weighted by atomic mass is 32.2. The molecule has 5 nitrogen and oxygen atoms in total. The molecule has 0 amide bonds. The number of benzene rings is 1. The molecule has 1 saturated carbocycles. The maximum absolute atomic E-state index is 13.7. The van der Waals surface area contributed by atoms with Gasteiger partial charge in [0.05, 0.1) is 6.07 Å². The summed E-state index contributed by atoms with van der Waals surface area (Å²) >= 11 is 0. The quantitative estimate of drug-likeness (QED) is 0.837. The van der Waals surface area contributed by atoms with Gasteiger partial charge in [0.1, 0.15) is 4.90 Å². The van der Waals surface area contributed by atoms with Gasteiger partial charge in [-0.25, -0.2) is 17.2 Å². The first-order valence-electron chi connectivity index (χ1n) is 6.01. The van der Waals surface area contributed by atoms with Crippen LogP contribution in [0.3, 0.4) is 0 Å². The molecule has 0 bridgehead atoms. The molecule has 0 unspecified atom stereocenters. The summed E-state index contributed by atoms with van der Waals surface area (Å²) in [5.74, 6) is -2.75. The minimum atomic E-state index is -4.20. The molecule has 1 aliphatic carbocycles. The van der Waals surface area contributed by atoms with Crippen LogP contribution in [0.1, 0.15) is 19.3 Å². The smallest absolute Gasteiger partial charge is 0.246 e. The van der Waals surface area contributed by atoms with Gasteiger partial charge in [0.15, 0.2) is 11.6 Å². The van der Waals surface area contributed by atoms with E-state index in [0.717, 1.165) is 16.4 Å². The first kappa shape index (κ1) is 14.7. The monoisotopic (exact) mass is 301 g/mol. The van der Waals surface area contributed by atoms with E-state index in [0.29, 0.717) is 12.8 Å². The summed E-state index contributed by atoms with van der Waals surface area (Å²) in [7, 11) is -4.20. The van der Waals surface area contributed by atoms with Crippen molar-refractivity contribution in [3.05, 3.63) is 23.8 Å². The van der Waals surface area contributed by atoms with Crippen molar-refractivity contribution in [2.24, 2.45) is 0 Å². The van der Waals surface area contributed by atoms with Crippen molar-refractivity contribution >= 4 is 15.7 Å². The first-order valence-corrected chi connectivity index (χ1v) is 7.45. The van der Waals surface area contributed by atoms with Crippen LogP contribution in [0.4, 0.5) is 14.5 Å². The Hall–Kier alpha value is -1.72. The highest BCUT2D eigenvalue weighted by molar-refractivity contribution is 7.89. The topological polar surface area (TPSA) is 87.2 Å². The van der Waals surface area contributed by atoms with E-state index in [1.807, 2.05) is 6.07 Å². The lowest BCUT2D eigenvalue weighted by Crippen LogP contribution is -2.34. The number of nitrogens with zero attached hydrogens (tertiary/aromatic N) is 2. The Kier molecular flexibility index (Phi) is 3.92. The normalized spacial score (nSPS) is 15.3. The maximum atomic E-state index is 13.7. The maximum Gasteiger partial charge on any atom is 0.246 e. The van der Waals surface area contributed by atoms with Gasteiger partial charge in [0, 0.05) is 24.7 Å². The number of rotatable bonds is 5. The van der Waals surface area contributed by atoms with Crippen LogP contribution < -0.4 is 5.73 Å². The minimum absolute atomic E-state index is 0.0118. The lowest BCUT2D eigenvalue weighted by molar-refractivity contribution is 0.403. The molecule has 0 heterocycles. The average molecular weight is 301 g/mol. The Morgan fingerprint density at radius 1 is 1.40 bits per heavy atom. The number of halogens is 2. The van der Waals surface area contributed by atoms with E-state index in [1.54, 1.807) is 0 Å². The lowest BCUT2D eigenvalue weighted by Gasteiger charge is -2.21. The first-order chi connectivity index (χ1) is 9.37. The zero-order chi connectivity index (χ0) is 14.9. The Labute approximate surface area is 115 Å². The Bertz CT molecular complexity index is 666. The fraction of sp³-hybridized carbons (Fsp3) is 0.417. The SMILES string of the molecule is N#CCCN(C1CC1)S(=O)(=O)c1cc(N)cc(F)c1F. The van der Waals surface area contributed by atoms with Gasteiger partial charge >= 0.3 is 0 Å². The third kappa shape index (κ3) is 2.73. The average Bonchev–Trinajstić information content (AvgIpc) is 3.18. The molecule has 0 radical (unpaired) electrons. The summed E-state index contributed by atoms with van der Waals surface area (Å²) in [6.07, 6.45) is 1.29. The Balaban J connectivity index is 2.45. The second-order valence-electron chi connectivity index (χ2n) is 4.57. The molecular weight excluding hydrogens is 288 g/mol. The van der Waals surface area contributed by atoms with Gasteiger partial charge in [0.25, 0.3) is 0 Å². The molecule has 0 aliphatic heterocycles. The molecule has 8 heteroatoms. The van der Waals surface area contributed by atoms with Crippen LogP contribution >= 0.6 is 0 Å². The number of anilines is 1. The van der Waals surface area contributed by atoms with Gasteiger partial charge in [0.2, 0.25) is 10.0 Å². The van der Waals surface area contributed by atoms with E-state index in [1.165, 1.54) is 0 Å². The Morgan fingerprint density at radius 3 is 2.60 bits per heavy atom. The third-order valence-electron chi connectivity index (χ3n) is 3.00.